The molecule has 1 amide bonds. The van der Waals surface area contributed by atoms with Gasteiger partial charge >= 0.3 is 0 Å². The Morgan fingerprint density at radius 2 is 2.11 bits per heavy atom. The first kappa shape index (κ1) is 12.6. The predicted octanol–water partition coefficient (Wildman–Crippen LogP) is 2.24. The molecule has 1 aromatic heterocycles. The predicted molar refractivity (Wildman–Crippen MR) is 74.2 cm³/mol. The third-order valence-corrected chi connectivity index (χ3v) is 3.06. The molecule has 0 radical (unpaired) electrons. The first-order valence-corrected chi connectivity index (χ1v) is 6.20. The molecule has 0 spiro atoms. The Bertz CT molecular complexity index is 562. The zero-order valence-corrected chi connectivity index (χ0v) is 11.4. The number of nitrogens with two attached hydrogens (primary N) is 1. The monoisotopic (exact) mass is 308 g/mol. The molecule has 18 heavy (non-hydrogen) atoms. The zero-order chi connectivity index (χ0) is 13.1. The summed E-state index contributed by atoms with van der Waals surface area (Å²) in [5, 5.41) is 9.32. The van der Waals surface area contributed by atoms with Gasteiger partial charge in [-0.2, -0.15) is 5.10 Å². The average molecular weight is 309 g/mol. The lowest BCUT2D eigenvalue weighted by atomic mass is 10.1. The number of nitrogen functional groups attached to an aromatic ring is 1. The van der Waals surface area contributed by atoms with Crippen molar-refractivity contribution in [2.45, 2.75) is 13.3 Å². The largest absolute Gasteiger partial charge is 0.394 e. The van der Waals surface area contributed by atoms with Crippen LogP contribution in [0.15, 0.2) is 28.7 Å². The summed E-state index contributed by atoms with van der Waals surface area (Å²) in [5.41, 5.74) is 7.90. The molecule has 1 aromatic carbocycles. The maximum Gasteiger partial charge on any atom is 0.230 e. The van der Waals surface area contributed by atoms with Crippen LogP contribution in [0.25, 0.3) is 0 Å². The molecule has 0 aliphatic rings. The number of anilines is 2. The summed E-state index contributed by atoms with van der Waals surface area (Å²) in [4.78, 5) is 11.8. The Kier molecular flexibility index (Phi) is 3.66. The molecule has 0 atom stereocenters. The van der Waals surface area contributed by atoms with E-state index in [1.54, 1.807) is 6.92 Å². The van der Waals surface area contributed by atoms with Gasteiger partial charge in [-0.1, -0.05) is 28.1 Å². The standard InChI is InChI=1S/C12H13BrN4O/c1-7-11(14)12(17-16-7)15-10(18)6-8-2-4-9(13)5-3-8/h2-5H,6,14H2,1H3,(H2,15,16,17,18). The van der Waals surface area contributed by atoms with Crippen molar-refractivity contribution in [1.82, 2.24) is 10.2 Å². The first-order valence-electron chi connectivity index (χ1n) is 5.41. The maximum absolute atomic E-state index is 11.8. The van der Waals surface area contributed by atoms with Gasteiger partial charge in [0.15, 0.2) is 5.82 Å². The van der Waals surface area contributed by atoms with Crippen LogP contribution in [-0.2, 0) is 11.2 Å². The van der Waals surface area contributed by atoms with Crippen molar-refractivity contribution in [3.63, 3.8) is 0 Å². The number of benzene rings is 1. The molecule has 0 bridgehead atoms. The third kappa shape index (κ3) is 2.89. The van der Waals surface area contributed by atoms with Gasteiger partial charge in [0.25, 0.3) is 0 Å². The highest BCUT2D eigenvalue weighted by molar-refractivity contribution is 9.10. The quantitative estimate of drug-likeness (QED) is 0.813. The lowest BCUT2D eigenvalue weighted by Crippen LogP contribution is -2.15. The number of aryl methyl sites for hydroxylation is 1. The molecule has 0 saturated heterocycles. The highest BCUT2D eigenvalue weighted by atomic mass is 79.9. The fraction of sp³-hybridized carbons (Fsp3) is 0.167. The maximum atomic E-state index is 11.8. The van der Waals surface area contributed by atoms with E-state index in [9.17, 15) is 4.79 Å². The molecule has 0 fully saturated rings. The van der Waals surface area contributed by atoms with Crippen LogP contribution in [0.1, 0.15) is 11.3 Å². The molecule has 2 aromatic rings. The topological polar surface area (TPSA) is 83.8 Å². The van der Waals surface area contributed by atoms with E-state index in [4.69, 9.17) is 5.73 Å². The van der Waals surface area contributed by atoms with E-state index in [0.29, 0.717) is 17.9 Å². The van der Waals surface area contributed by atoms with Gasteiger partial charge in [-0.3, -0.25) is 9.89 Å². The Morgan fingerprint density at radius 1 is 1.44 bits per heavy atom. The number of nitrogens with zero attached hydrogens (tertiary/aromatic N) is 1. The van der Waals surface area contributed by atoms with Gasteiger partial charge < -0.3 is 11.1 Å². The molecule has 0 aliphatic carbocycles. The number of nitrogens with one attached hydrogen (secondary N) is 2. The van der Waals surface area contributed by atoms with E-state index in [1.165, 1.54) is 0 Å². The van der Waals surface area contributed by atoms with Crippen molar-refractivity contribution in [1.29, 1.82) is 0 Å². The molecule has 0 aliphatic heterocycles. The van der Waals surface area contributed by atoms with E-state index in [-0.39, 0.29) is 5.91 Å². The van der Waals surface area contributed by atoms with Gasteiger partial charge in [0.05, 0.1) is 17.8 Å². The number of aromatic nitrogens is 2. The van der Waals surface area contributed by atoms with Gasteiger partial charge in [-0.25, -0.2) is 0 Å². The van der Waals surface area contributed by atoms with E-state index in [1.807, 2.05) is 24.3 Å². The second-order valence-corrected chi connectivity index (χ2v) is 4.88. The molecular formula is C12H13BrN4O. The number of aromatic amines is 1. The minimum absolute atomic E-state index is 0.143. The molecule has 6 heteroatoms. The lowest BCUT2D eigenvalue weighted by molar-refractivity contribution is -0.115. The molecule has 0 saturated carbocycles. The number of H-pyrrole nitrogens is 1. The molecule has 1 heterocycles. The summed E-state index contributed by atoms with van der Waals surface area (Å²) < 4.78 is 0.985. The van der Waals surface area contributed by atoms with E-state index in [0.717, 1.165) is 15.7 Å². The fourth-order valence-corrected chi connectivity index (χ4v) is 1.76. The first-order chi connectivity index (χ1) is 8.56. The van der Waals surface area contributed by atoms with Gasteiger partial charge in [-0.05, 0) is 24.6 Å². The Balaban J connectivity index is 2.01. The van der Waals surface area contributed by atoms with Gasteiger partial charge in [0.2, 0.25) is 5.91 Å². The number of carbonyl (C=O) groups excluding carboxylic acids is 1. The molecule has 0 unspecified atom stereocenters. The number of hydrogen-bond donors (Lipinski definition) is 3. The van der Waals surface area contributed by atoms with E-state index in [2.05, 4.69) is 31.4 Å². The van der Waals surface area contributed by atoms with Crippen LogP contribution in [0, 0.1) is 6.92 Å². The van der Waals surface area contributed by atoms with E-state index >= 15 is 0 Å². The highest BCUT2D eigenvalue weighted by Crippen LogP contribution is 2.18. The van der Waals surface area contributed by atoms with Crippen LogP contribution in [0.2, 0.25) is 0 Å². The van der Waals surface area contributed by atoms with Crippen molar-refractivity contribution in [2.24, 2.45) is 0 Å². The number of carbonyl (C=O) groups is 1. The summed E-state index contributed by atoms with van der Waals surface area (Å²) in [6.45, 7) is 1.80. The SMILES string of the molecule is Cc1[nH]nc(NC(=O)Cc2ccc(Br)cc2)c1N. The zero-order valence-electron chi connectivity index (χ0n) is 9.83. The number of hydrogen-bond acceptors (Lipinski definition) is 3. The third-order valence-electron chi connectivity index (χ3n) is 2.53. The molecular weight excluding hydrogens is 296 g/mol. The fourth-order valence-electron chi connectivity index (χ4n) is 1.50. The number of rotatable bonds is 3. The Labute approximate surface area is 113 Å². The van der Waals surface area contributed by atoms with Crippen molar-refractivity contribution in [2.75, 3.05) is 11.1 Å². The Hall–Kier alpha value is -1.82. The number of halogens is 1. The number of amides is 1. The summed E-state index contributed by atoms with van der Waals surface area (Å²) >= 11 is 3.35. The Morgan fingerprint density at radius 3 is 2.67 bits per heavy atom. The van der Waals surface area contributed by atoms with Crippen LogP contribution in [-0.4, -0.2) is 16.1 Å². The van der Waals surface area contributed by atoms with Crippen molar-refractivity contribution < 1.29 is 4.79 Å². The summed E-state index contributed by atoms with van der Waals surface area (Å²) in [6, 6.07) is 7.58. The average Bonchev–Trinajstić information content (AvgIpc) is 2.64. The second kappa shape index (κ2) is 5.22. The van der Waals surface area contributed by atoms with Crippen molar-refractivity contribution >= 4 is 33.3 Å². The van der Waals surface area contributed by atoms with Gasteiger partial charge in [0, 0.05) is 4.47 Å². The molecule has 94 valence electrons. The van der Waals surface area contributed by atoms with Crippen LogP contribution in [0.4, 0.5) is 11.5 Å². The van der Waals surface area contributed by atoms with E-state index < -0.39 is 0 Å². The normalized spacial score (nSPS) is 10.3. The van der Waals surface area contributed by atoms with Gasteiger partial charge in [-0.15, -0.1) is 0 Å². The second-order valence-electron chi connectivity index (χ2n) is 3.96. The van der Waals surface area contributed by atoms with Crippen LogP contribution < -0.4 is 11.1 Å². The lowest BCUT2D eigenvalue weighted by Gasteiger charge is -2.03. The summed E-state index contributed by atoms with van der Waals surface area (Å²) in [5.74, 6) is 0.241. The van der Waals surface area contributed by atoms with Crippen molar-refractivity contribution in [3.05, 3.63) is 40.0 Å². The molecule has 5 nitrogen and oxygen atoms in total. The molecule has 4 N–H and O–H groups in total. The summed E-state index contributed by atoms with van der Waals surface area (Å²) in [7, 11) is 0. The minimum atomic E-state index is -0.143. The summed E-state index contributed by atoms with van der Waals surface area (Å²) in [6.07, 6.45) is 0.290. The smallest absolute Gasteiger partial charge is 0.230 e. The van der Waals surface area contributed by atoms with Gasteiger partial charge in [0.1, 0.15) is 0 Å². The minimum Gasteiger partial charge on any atom is -0.394 e. The highest BCUT2D eigenvalue weighted by Gasteiger charge is 2.10. The van der Waals surface area contributed by atoms with Crippen LogP contribution >= 0.6 is 15.9 Å². The van der Waals surface area contributed by atoms with Crippen LogP contribution in [0.5, 0.6) is 0 Å². The van der Waals surface area contributed by atoms with Crippen molar-refractivity contribution in [3.8, 4) is 0 Å². The molecule has 2 rings (SSSR count). The van der Waals surface area contributed by atoms with Crippen LogP contribution in [0.3, 0.4) is 0 Å².